The fourth-order valence-electron chi connectivity index (χ4n) is 8.02. The molecule has 2 saturated carbocycles. The molecule has 1 N–H and O–H groups in total. The molecular weight excluding hydrogens is 440 g/mol. The van der Waals surface area contributed by atoms with Crippen molar-refractivity contribution in [1.29, 1.82) is 0 Å². The maximum atomic E-state index is 13.5. The molecule has 0 unspecified atom stereocenters. The quantitative estimate of drug-likeness (QED) is 0.158. The maximum absolute atomic E-state index is 13.5. The Morgan fingerprint density at radius 1 is 1.12 bits per heavy atom. The first-order valence-electron chi connectivity index (χ1n) is 13.4. The summed E-state index contributed by atoms with van der Waals surface area (Å²) >= 11 is 0. The van der Waals surface area contributed by atoms with Crippen molar-refractivity contribution >= 4 is 20.6 Å². The fourth-order valence-corrected chi connectivity index (χ4v) is 13.2. The maximum Gasteiger partial charge on any atom is 0.323 e. The number of fused-ring (bicyclic) bond motifs is 1. The lowest BCUT2D eigenvalue weighted by Gasteiger charge is -2.58. The third-order valence-electron chi connectivity index (χ3n) is 9.60. The molecule has 0 aromatic rings. The second-order valence-electron chi connectivity index (χ2n) is 12.9. The van der Waals surface area contributed by atoms with Gasteiger partial charge in [-0.05, 0) is 77.5 Å². The zero-order valence-electron chi connectivity index (χ0n) is 23.2. The van der Waals surface area contributed by atoms with Crippen LogP contribution in [0.15, 0.2) is 23.8 Å². The minimum Gasteiger partial charge on any atom is -0.515 e. The minimum atomic E-state index is -2.49. The molecule has 0 heterocycles. The van der Waals surface area contributed by atoms with Gasteiger partial charge in [0.05, 0.1) is 11.7 Å². The van der Waals surface area contributed by atoms with Crippen molar-refractivity contribution in [3.8, 4) is 0 Å². The summed E-state index contributed by atoms with van der Waals surface area (Å²) in [6.45, 7) is 24.2. The van der Waals surface area contributed by atoms with Gasteiger partial charge in [-0.25, -0.2) is 4.79 Å². The number of hydrogen-bond donors (Lipinski definition) is 1. The summed E-state index contributed by atoms with van der Waals surface area (Å²) in [5.41, 5.74) is 2.26. The molecule has 34 heavy (non-hydrogen) atoms. The highest BCUT2D eigenvalue weighted by molar-refractivity contribution is 6.79. The van der Waals surface area contributed by atoms with Crippen LogP contribution in [-0.4, -0.2) is 31.8 Å². The molecule has 194 valence electrons. The Morgan fingerprint density at radius 3 is 2.18 bits per heavy atom. The van der Waals surface area contributed by atoms with Gasteiger partial charge in [-0.2, -0.15) is 0 Å². The molecule has 5 heteroatoms. The number of aldehydes is 1. The molecule has 0 aliphatic heterocycles. The third kappa shape index (κ3) is 5.30. The molecule has 0 spiro atoms. The number of aliphatic hydroxyl groups excluding tert-OH is 1. The highest BCUT2D eigenvalue weighted by Crippen LogP contribution is 2.61. The highest BCUT2D eigenvalue weighted by Gasteiger charge is 2.54. The normalized spacial score (nSPS) is 28.7. The first-order valence-corrected chi connectivity index (χ1v) is 15.5. The van der Waals surface area contributed by atoms with Crippen LogP contribution in [0, 0.1) is 22.7 Å². The molecule has 2 aliphatic rings. The van der Waals surface area contributed by atoms with Gasteiger partial charge in [-0.15, -0.1) is 0 Å². The summed E-state index contributed by atoms with van der Waals surface area (Å²) in [7, 11) is -2.49. The molecule has 4 nitrogen and oxygen atoms in total. The molecule has 4 atom stereocenters. The zero-order chi connectivity index (χ0) is 26.1. The number of carbonyl (C=O) groups is 2. The average molecular weight is 491 g/mol. The van der Waals surface area contributed by atoms with E-state index in [1.807, 2.05) is 0 Å². The Labute approximate surface area is 209 Å². The van der Waals surface area contributed by atoms with Crippen LogP contribution in [0.5, 0.6) is 0 Å². The summed E-state index contributed by atoms with van der Waals surface area (Å²) in [4.78, 5) is 25.0. The second kappa shape index (κ2) is 10.8. The van der Waals surface area contributed by atoms with Crippen molar-refractivity contribution in [1.82, 2.24) is 0 Å². The molecule has 0 amide bonds. The average Bonchev–Trinajstić information content (AvgIpc) is 2.71. The third-order valence-corrected chi connectivity index (χ3v) is 15.5. The van der Waals surface area contributed by atoms with Crippen LogP contribution >= 0.6 is 0 Å². The Hall–Kier alpha value is -1.20. The summed E-state index contributed by atoms with van der Waals surface area (Å²) in [5, 5.41) is 11.4. The topological polar surface area (TPSA) is 63.6 Å². The highest BCUT2D eigenvalue weighted by atomic mass is 28.4. The van der Waals surface area contributed by atoms with Crippen molar-refractivity contribution < 1.29 is 19.1 Å². The van der Waals surface area contributed by atoms with Gasteiger partial charge in [-0.3, -0.25) is 4.79 Å². The summed E-state index contributed by atoms with van der Waals surface area (Å²) in [6.07, 6.45) is 6.81. The monoisotopic (exact) mass is 490 g/mol. The van der Waals surface area contributed by atoms with E-state index in [1.165, 1.54) is 24.5 Å². The Morgan fingerprint density at radius 2 is 1.68 bits per heavy atom. The van der Waals surface area contributed by atoms with Crippen molar-refractivity contribution in [3.05, 3.63) is 23.8 Å². The molecule has 0 aromatic heterocycles. The molecule has 0 radical (unpaired) electrons. The number of aliphatic hydroxyl groups is 1. The largest absolute Gasteiger partial charge is 0.515 e. The van der Waals surface area contributed by atoms with Crippen molar-refractivity contribution in [2.75, 3.05) is 0 Å². The lowest BCUT2D eigenvalue weighted by Crippen LogP contribution is -2.51. The van der Waals surface area contributed by atoms with E-state index in [2.05, 4.69) is 68.9 Å². The van der Waals surface area contributed by atoms with Gasteiger partial charge in [-0.1, -0.05) is 80.9 Å². The first kappa shape index (κ1) is 29.0. The standard InChI is InChI=1S/C29H50O4Si/c1-19(2)34(20(3)4,21(5)6)33-27(32)23(14-17-30)25(31)18-24-22(7)12-13-26-28(8,9)15-11-16-29(24,26)10/h14,17,19-21,24-26,31H,7,11-13,15-16,18H2,1-6,8-10H3/b23-14-/t24-,25+,26+,29-/m1/s1. The molecule has 0 bridgehead atoms. The van der Waals surface area contributed by atoms with E-state index in [9.17, 15) is 14.7 Å². The van der Waals surface area contributed by atoms with E-state index in [1.54, 1.807) is 0 Å². The van der Waals surface area contributed by atoms with Crippen molar-refractivity contribution in [2.45, 2.75) is 124 Å². The predicted molar refractivity (Wildman–Crippen MR) is 143 cm³/mol. The lowest BCUT2D eigenvalue weighted by molar-refractivity contribution is -0.133. The summed E-state index contributed by atoms with van der Waals surface area (Å²) in [5.74, 6) is 0.158. The zero-order valence-corrected chi connectivity index (χ0v) is 24.2. The van der Waals surface area contributed by atoms with E-state index >= 15 is 0 Å². The van der Waals surface area contributed by atoms with Gasteiger partial charge in [0.1, 0.15) is 6.29 Å². The Bertz CT molecular complexity index is 772. The molecular formula is C29H50O4Si. The predicted octanol–water partition coefficient (Wildman–Crippen LogP) is 7.38. The van der Waals surface area contributed by atoms with E-state index in [-0.39, 0.29) is 38.9 Å². The van der Waals surface area contributed by atoms with Crippen molar-refractivity contribution in [3.63, 3.8) is 0 Å². The van der Waals surface area contributed by atoms with E-state index in [4.69, 9.17) is 4.43 Å². The minimum absolute atomic E-state index is 0.0422. The number of hydrogen-bond acceptors (Lipinski definition) is 4. The van der Waals surface area contributed by atoms with E-state index in [0.717, 1.165) is 19.3 Å². The van der Waals surface area contributed by atoms with E-state index < -0.39 is 20.4 Å². The molecule has 2 aliphatic carbocycles. The summed E-state index contributed by atoms with van der Waals surface area (Å²) < 4.78 is 6.33. The van der Waals surface area contributed by atoms with Crippen molar-refractivity contribution in [2.24, 2.45) is 22.7 Å². The Balaban J connectivity index is 2.35. The number of carbonyl (C=O) groups excluding carboxylic acids is 2. The van der Waals surface area contributed by atoms with Crippen LogP contribution < -0.4 is 0 Å². The van der Waals surface area contributed by atoms with Crippen LogP contribution in [0.2, 0.25) is 16.6 Å². The number of rotatable bonds is 9. The van der Waals surface area contributed by atoms with Gasteiger partial charge >= 0.3 is 5.97 Å². The lowest BCUT2D eigenvalue weighted by atomic mass is 9.47. The van der Waals surface area contributed by atoms with E-state index in [0.29, 0.717) is 18.6 Å². The smallest absolute Gasteiger partial charge is 0.323 e. The van der Waals surface area contributed by atoms with Crippen LogP contribution in [0.4, 0.5) is 0 Å². The molecule has 0 saturated heterocycles. The Kier molecular flexibility index (Phi) is 9.24. The van der Waals surface area contributed by atoms with Gasteiger partial charge in [0, 0.05) is 0 Å². The van der Waals surface area contributed by atoms with Gasteiger partial charge in [0.15, 0.2) is 0 Å². The number of allylic oxidation sites excluding steroid dienone is 2. The van der Waals surface area contributed by atoms with Crippen LogP contribution in [-0.2, 0) is 14.0 Å². The molecule has 2 rings (SSSR count). The SMILES string of the molecule is C=C1CC[C@H]2C(C)(C)CCC[C@]2(C)[C@@H]1C[C@H](O)/C(=C/C=O)C(=O)O[Si](C(C)C)(C(C)C)C(C)C. The summed E-state index contributed by atoms with van der Waals surface area (Å²) in [6, 6.07) is 0. The second-order valence-corrected chi connectivity index (χ2v) is 18.2. The first-order chi connectivity index (χ1) is 15.6. The van der Waals surface area contributed by atoms with Crippen LogP contribution in [0.1, 0.15) is 101 Å². The molecule has 0 aromatic carbocycles. The van der Waals surface area contributed by atoms with Gasteiger partial charge in [0.25, 0.3) is 8.32 Å². The van der Waals surface area contributed by atoms with Gasteiger partial charge in [0.2, 0.25) is 0 Å². The molecule has 2 fully saturated rings. The van der Waals surface area contributed by atoms with Gasteiger partial charge < -0.3 is 9.53 Å². The van der Waals surface area contributed by atoms with Crippen LogP contribution in [0.3, 0.4) is 0 Å². The fraction of sp³-hybridized carbons (Fsp3) is 0.793. The van der Waals surface area contributed by atoms with Crippen LogP contribution in [0.25, 0.3) is 0 Å².